The van der Waals surface area contributed by atoms with Gasteiger partial charge in [0.2, 0.25) is 0 Å². The van der Waals surface area contributed by atoms with Crippen molar-refractivity contribution in [2.24, 2.45) is 11.8 Å². The van der Waals surface area contributed by atoms with Gasteiger partial charge in [-0.15, -0.1) is 0 Å². The van der Waals surface area contributed by atoms with Gasteiger partial charge in [-0.25, -0.2) is 0 Å². The van der Waals surface area contributed by atoms with E-state index in [1.54, 1.807) is 6.07 Å². The van der Waals surface area contributed by atoms with Crippen molar-refractivity contribution in [3.63, 3.8) is 0 Å². The zero-order chi connectivity index (χ0) is 31.2. The number of benzene rings is 3. The molecule has 0 aliphatic rings. The second kappa shape index (κ2) is 13.7. The minimum atomic E-state index is -4.47. The summed E-state index contributed by atoms with van der Waals surface area (Å²) in [5.41, 5.74) is 1.71. The fourth-order valence-electron chi connectivity index (χ4n) is 4.81. The Bertz CT molecular complexity index is 1310. The molecule has 0 N–H and O–H groups in total. The van der Waals surface area contributed by atoms with Gasteiger partial charge in [0.15, 0.2) is 0 Å². The van der Waals surface area contributed by atoms with Crippen LogP contribution in [0.5, 0.6) is 0 Å². The Morgan fingerprint density at radius 1 is 0.762 bits per heavy atom. The molecule has 42 heavy (non-hydrogen) atoms. The van der Waals surface area contributed by atoms with Gasteiger partial charge in [0.25, 0.3) is 0 Å². The molecule has 0 heterocycles. The van der Waals surface area contributed by atoms with Crippen molar-refractivity contribution < 1.29 is 35.9 Å². The average molecular weight is 594 g/mol. The highest BCUT2D eigenvalue weighted by Gasteiger charge is 2.31. The lowest BCUT2D eigenvalue weighted by atomic mass is 9.87. The number of nitrogens with zero attached hydrogens (tertiary/aromatic N) is 1. The van der Waals surface area contributed by atoms with Crippen LogP contribution in [0.3, 0.4) is 0 Å². The Morgan fingerprint density at radius 3 is 1.79 bits per heavy atom. The number of halogens is 6. The number of esters is 1. The van der Waals surface area contributed by atoms with Gasteiger partial charge < -0.3 is 9.64 Å². The van der Waals surface area contributed by atoms with E-state index in [4.69, 9.17) is 4.74 Å². The van der Waals surface area contributed by atoms with Crippen molar-refractivity contribution >= 4 is 11.7 Å². The first-order valence-corrected chi connectivity index (χ1v) is 13.9. The molecule has 0 aliphatic heterocycles. The fraction of sp³-hybridized carbons (Fsp3) is 0.424. The number of rotatable bonds is 11. The Balaban J connectivity index is 2.11. The summed E-state index contributed by atoms with van der Waals surface area (Å²) in [7, 11) is 1.31. The average Bonchev–Trinajstić information content (AvgIpc) is 2.92. The summed E-state index contributed by atoms with van der Waals surface area (Å²) in [6, 6.07) is 15.4. The van der Waals surface area contributed by atoms with Crippen LogP contribution in [-0.2, 0) is 28.4 Å². The molecule has 9 heteroatoms. The maximum atomic E-state index is 13.2. The Morgan fingerprint density at radius 2 is 1.31 bits per heavy atom. The highest BCUT2D eigenvalue weighted by molar-refractivity contribution is 5.79. The number of anilines is 1. The van der Waals surface area contributed by atoms with E-state index in [0.717, 1.165) is 36.2 Å². The first-order chi connectivity index (χ1) is 19.6. The molecule has 0 amide bonds. The number of ether oxygens (including phenoxy) is 1. The third kappa shape index (κ3) is 9.00. The number of alkyl halides is 6. The smallest absolute Gasteiger partial charge is 0.416 e. The van der Waals surface area contributed by atoms with Crippen LogP contribution < -0.4 is 4.90 Å². The van der Waals surface area contributed by atoms with Crippen LogP contribution in [0.15, 0.2) is 66.7 Å². The zero-order valence-electron chi connectivity index (χ0n) is 24.4. The predicted molar refractivity (Wildman–Crippen MR) is 153 cm³/mol. The predicted octanol–water partition coefficient (Wildman–Crippen LogP) is 9.75. The summed E-state index contributed by atoms with van der Waals surface area (Å²) in [6.07, 6.45) is -7.65. The quantitative estimate of drug-likeness (QED) is 0.164. The normalized spacial score (nSPS) is 13.0. The topological polar surface area (TPSA) is 29.5 Å². The lowest BCUT2D eigenvalue weighted by Gasteiger charge is -2.27. The standard InChI is InChI=1S/C33H37F6NO2/c1-21(2)14-15-40(29-12-10-28(11-13-29)33(37,38)39)20-23-17-25(24-6-8-27(9-7-24)32(34,35)36)19-26(18-23)30(16-22(3)4)31(41)42-5/h6-13,17-19,21-22,30H,14-16,20H2,1-5H3. The Hall–Kier alpha value is -3.49. The molecule has 0 spiro atoms. The van der Waals surface area contributed by atoms with Gasteiger partial charge in [-0.3, -0.25) is 4.79 Å². The van der Waals surface area contributed by atoms with Crippen molar-refractivity contribution in [2.75, 3.05) is 18.6 Å². The van der Waals surface area contributed by atoms with Crippen molar-refractivity contribution in [1.82, 2.24) is 0 Å². The van der Waals surface area contributed by atoms with Crippen molar-refractivity contribution in [2.45, 2.75) is 65.4 Å². The third-order valence-electron chi connectivity index (χ3n) is 7.07. The number of carbonyl (C=O) groups excluding carboxylic acids is 1. The lowest BCUT2D eigenvalue weighted by Crippen LogP contribution is -2.25. The summed E-state index contributed by atoms with van der Waals surface area (Å²) in [6.45, 7) is 8.95. The second-order valence-electron chi connectivity index (χ2n) is 11.4. The van der Waals surface area contributed by atoms with E-state index in [1.807, 2.05) is 30.9 Å². The molecule has 0 bridgehead atoms. The molecule has 0 saturated carbocycles. The van der Waals surface area contributed by atoms with Crippen LogP contribution in [-0.4, -0.2) is 19.6 Å². The van der Waals surface area contributed by atoms with E-state index in [1.165, 1.54) is 31.4 Å². The van der Waals surface area contributed by atoms with Crippen LogP contribution in [0.25, 0.3) is 11.1 Å². The number of methoxy groups -OCH3 is 1. The highest BCUT2D eigenvalue weighted by atomic mass is 19.4. The Labute approximate surface area is 243 Å². The van der Waals surface area contributed by atoms with E-state index in [9.17, 15) is 31.1 Å². The summed E-state index contributed by atoms with van der Waals surface area (Å²) in [5, 5.41) is 0. The summed E-state index contributed by atoms with van der Waals surface area (Å²) >= 11 is 0. The van der Waals surface area contributed by atoms with E-state index in [0.29, 0.717) is 47.8 Å². The van der Waals surface area contributed by atoms with Gasteiger partial charge >= 0.3 is 18.3 Å². The number of carbonyl (C=O) groups is 1. The largest absolute Gasteiger partial charge is 0.469 e. The van der Waals surface area contributed by atoms with Crippen LogP contribution in [0.2, 0.25) is 0 Å². The number of hydrogen-bond donors (Lipinski definition) is 0. The van der Waals surface area contributed by atoms with Gasteiger partial charge in [-0.2, -0.15) is 26.3 Å². The van der Waals surface area contributed by atoms with E-state index < -0.39 is 35.4 Å². The van der Waals surface area contributed by atoms with E-state index in [2.05, 4.69) is 13.8 Å². The summed E-state index contributed by atoms with van der Waals surface area (Å²) in [4.78, 5) is 14.8. The van der Waals surface area contributed by atoms with Gasteiger partial charge in [-0.05, 0) is 89.4 Å². The monoisotopic (exact) mass is 593 g/mol. The first-order valence-electron chi connectivity index (χ1n) is 13.9. The van der Waals surface area contributed by atoms with Crippen molar-refractivity contribution in [3.8, 4) is 11.1 Å². The lowest BCUT2D eigenvalue weighted by molar-refractivity contribution is -0.143. The second-order valence-corrected chi connectivity index (χ2v) is 11.4. The van der Waals surface area contributed by atoms with Gasteiger partial charge in [0.05, 0.1) is 24.2 Å². The molecule has 3 aromatic carbocycles. The SMILES string of the molecule is COC(=O)C(CC(C)C)c1cc(CN(CCC(C)C)c2ccc(C(F)(F)F)cc2)cc(-c2ccc(C(F)(F)F)cc2)c1. The van der Waals surface area contributed by atoms with Crippen LogP contribution in [0, 0.1) is 11.8 Å². The molecule has 3 aromatic rings. The molecular weight excluding hydrogens is 556 g/mol. The molecule has 228 valence electrons. The molecule has 3 nitrogen and oxygen atoms in total. The summed E-state index contributed by atoms with van der Waals surface area (Å²) in [5.74, 6) is -0.523. The summed E-state index contributed by atoms with van der Waals surface area (Å²) < 4.78 is 84.3. The minimum Gasteiger partial charge on any atom is -0.469 e. The molecule has 1 atom stereocenters. The molecule has 0 saturated heterocycles. The molecule has 0 radical (unpaired) electrons. The van der Waals surface area contributed by atoms with Crippen LogP contribution in [0.4, 0.5) is 32.0 Å². The first kappa shape index (κ1) is 33.0. The minimum absolute atomic E-state index is 0.155. The number of hydrogen-bond acceptors (Lipinski definition) is 3. The molecule has 3 rings (SSSR count). The highest BCUT2D eigenvalue weighted by Crippen LogP contribution is 2.35. The Kier molecular flexibility index (Phi) is 10.7. The van der Waals surface area contributed by atoms with Gasteiger partial charge in [0.1, 0.15) is 0 Å². The molecule has 0 aliphatic carbocycles. The third-order valence-corrected chi connectivity index (χ3v) is 7.07. The van der Waals surface area contributed by atoms with Crippen molar-refractivity contribution in [3.05, 3.63) is 89.0 Å². The van der Waals surface area contributed by atoms with Gasteiger partial charge in [0, 0.05) is 18.8 Å². The molecule has 0 aromatic heterocycles. The molecular formula is C33H37F6NO2. The van der Waals surface area contributed by atoms with Crippen molar-refractivity contribution in [1.29, 1.82) is 0 Å². The fourth-order valence-corrected chi connectivity index (χ4v) is 4.81. The maximum Gasteiger partial charge on any atom is 0.416 e. The van der Waals surface area contributed by atoms with Crippen LogP contribution in [0.1, 0.15) is 68.7 Å². The molecule has 0 fully saturated rings. The van der Waals surface area contributed by atoms with E-state index in [-0.39, 0.29) is 5.92 Å². The maximum absolute atomic E-state index is 13.2. The van der Waals surface area contributed by atoms with E-state index >= 15 is 0 Å². The zero-order valence-corrected chi connectivity index (χ0v) is 24.4. The molecule has 1 unspecified atom stereocenters. The van der Waals surface area contributed by atoms with Crippen LogP contribution >= 0.6 is 0 Å². The van der Waals surface area contributed by atoms with Gasteiger partial charge in [-0.1, -0.05) is 52.0 Å².